The lowest BCUT2D eigenvalue weighted by molar-refractivity contribution is -0.214. The predicted octanol–water partition coefficient (Wildman–Crippen LogP) is 0.0192. The van der Waals surface area contributed by atoms with Gasteiger partial charge in [0.05, 0.1) is 6.04 Å². The van der Waals surface area contributed by atoms with E-state index >= 15 is 0 Å². The number of nitrogens with one attached hydrogen (secondary N) is 2. The quantitative estimate of drug-likeness (QED) is 0.311. The standard InChI is InChI=1S/C23H37N3O5/c1-12-16-17(27)18(28)19(29)21(30)26(16)20(12)24-4-2-3-5-25-22(31)23-9-13-6-14(10-23)8-15(7-13)11-23/h13-19,21,24,27-30H,2-11H2,1H3,(H,25,31)/t13?,14?,15?,16-,17+,18-,19+,21+,23?/m0/s1. The summed E-state index contributed by atoms with van der Waals surface area (Å²) in [7, 11) is 0. The van der Waals surface area contributed by atoms with Crippen LogP contribution in [0.1, 0.15) is 58.3 Å². The van der Waals surface area contributed by atoms with Crippen LogP contribution >= 0.6 is 0 Å². The SMILES string of the molecule is CC1=C(NCCCCNC(=O)C23CC4CC(CC(C4)C2)C3)N2[C@H](O)[C@H](O)[C@@H](O)[C@H](O)[C@H]12. The average Bonchev–Trinajstić information content (AvgIpc) is 2.72. The molecule has 1 saturated heterocycles. The molecule has 1 amide bonds. The Morgan fingerprint density at radius 1 is 0.935 bits per heavy atom. The van der Waals surface area contributed by atoms with Crippen LogP contribution in [-0.4, -0.2) is 74.9 Å². The van der Waals surface area contributed by atoms with E-state index in [0.29, 0.717) is 18.9 Å². The molecule has 6 aliphatic rings. The Morgan fingerprint density at radius 3 is 2.13 bits per heavy atom. The van der Waals surface area contributed by atoms with Crippen molar-refractivity contribution in [3.05, 3.63) is 11.4 Å². The van der Waals surface area contributed by atoms with Gasteiger partial charge in [-0.1, -0.05) is 0 Å². The Bertz CT molecular complexity index is 720. The summed E-state index contributed by atoms with van der Waals surface area (Å²) in [5, 5.41) is 46.7. The van der Waals surface area contributed by atoms with E-state index in [1.807, 2.05) is 6.92 Å². The molecule has 4 aliphatic carbocycles. The van der Waals surface area contributed by atoms with Crippen LogP contribution in [0, 0.1) is 23.2 Å². The Hall–Kier alpha value is -1.35. The lowest BCUT2D eigenvalue weighted by atomic mass is 9.49. The number of amides is 1. The Morgan fingerprint density at radius 2 is 1.52 bits per heavy atom. The molecule has 174 valence electrons. The number of piperidine rings is 1. The fourth-order valence-electron chi connectivity index (χ4n) is 7.54. The van der Waals surface area contributed by atoms with Crippen molar-refractivity contribution < 1.29 is 25.2 Å². The molecular weight excluding hydrogens is 398 g/mol. The number of unbranched alkanes of at least 4 members (excludes halogenated alkanes) is 1. The molecular formula is C23H37N3O5. The van der Waals surface area contributed by atoms with Crippen molar-refractivity contribution in [3.8, 4) is 0 Å². The van der Waals surface area contributed by atoms with E-state index in [-0.39, 0.29) is 11.3 Å². The molecule has 4 saturated carbocycles. The van der Waals surface area contributed by atoms with E-state index in [4.69, 9.17) is 0 Å². The van der Waals surface area contributed by atoms with Gasteiger partial charge < -0.3 is 36.0 Å². The van der Waals surface area contributed by atoms with Crippen molar-refractivity contribution in [1.29, 1.82) is 0 Å². The molecule has 6 rings (SSSR count). The fourth-order valence-corrected chi connectivity index (χ4v) is 7.54. The molecule has 0 aromatic carbocycles. The van der Waals surface area contributed by atoms with E-state index in [2.05, 4.69) is 10.6 Å². The summed E-state index contributed by atoms with van der Waals surface area (Å²) >= 11 is 0. The van der Waals surface area contributed by atoms with Gasteiger partial charge in [-0.3, -0.25) is 4.79 Å². The zero-order valence-electron chi connectivity index (χ0n) is 18.3. The number of carbonyl (C=O) groups excluding carboxylic acids is 1. The van der Waals surface area contributed by atoms with Crippen LogP contribution < -0.4 is 10.6 Å². The molecule has 2 heterocycles. The van der Waals surface area contributed by atoms with Crippen LogP contribution in [0.3, 0.4) is 0 Å². The highest BCUT2D eigenvalue weighted by molar-refractivity contribution is 5.83. The molecule has 2 aliphatic heterocycles. The maximum Gasteiger partial charge on any atom is 0.226 e. The molecule has 6 N–H and O–H groups in total. The van der Waals surface area contributed by atoms with Crippen LogP contribution in [0.15, 0.2) is 11.4 Å². The van der Waals surface area contributed by atoms with E-state index in [0.717, 1.165) is 55.4 Å². The highest BCUT2D eigenvalue weighted by Gasteiger charge is 2.55. The summed E-state index contributed by atoms with van der Waals surface area (Å²) in [4.78, 5) is 14.5. The van der Waals surface area contributed by atoms with Gasteiger partial charge in [0, 0.05) is 18.5 Å². The molecule has 8 heteroatoms. The minimum absolute atomic E-state index is 0.0908. The van der Waals surface area contributed by atoms with Crippen LogP contribution in [0.5, 0.6) is 0 Å². The summed E-state index contributed by atoms with van der Waals surface area (Å²) in [6, 6.07) is -0.476. The first-order valence-corrected chi connectivity index (χ1v) is 12.0. The van der Waals surface area contributed by atoms with Crippen molar-refractivity contribution >= 4 is 5.91 Å². The highest BCUT2D eigenvalue weighted by atomic mass is 16.4. The summed E-state index contributed by atoms with van der Waals surface area (Å²) in [5.41, 5.74) is 0.777. The number of aliphatic hydroxyl groups excluding tert-OH is 4. The van der Waals surface area contributed by atoms with Gasteiger partial charge in [-0.2, -0.15) is 0 Å². The summed E-state index contributed by atoms with van der Waals surface area (Å²) < 4.78 is 0. The van der Waals surface area contributed by atoms with Crippen molar-refractivity contribution in [2.24, 2.45) is 23.2 Å². The number of hydrogen-bond acceptors (Lipinski definition) is 7. The molecule has 31 heavy (non-hydrogen) atoms. The van der Waals surface area contributed by atoms with Gasteiger partial charge in [-0.05, 0) is 81.6 Å². The first kappa shape index (κ1) is 21.5. The third kappa shape index (κ3) is 3.46. The zero-order valence-corrected chi connectivity index (χ0v) is 18.3. The van der Waals surface area contributed by atoms with Crippen LogP contribution in [-0.2, 0) is 4.79 Å². The second-order valence-electron chi connectivity index (χ2n) is 10.9. The van der Waals surface area contributed by atoms with Crippen molar-refractivity contribution in [2.75, 3.05) is 13.1 Å². The number of hydrogen-bond donors (Lipinski definition) is 6. The van der Waals surface area contributed by atoms with Gasteiger partial charge in [0.2, 0.25) is 5.91 Å². The number of nitrogens with zero attached hydrogens (tertiary/aromatic N) is 1. The van der Waals surface area contributed by atoms with Gasteiger partial charge in [0.1, 0.15) is 24.1 Å². The van der Waals surface area contributed by atoms with Crippen LogP contribution in [0.2, 0.25) is 0 Å². The minimum atomic E-state index is -1.41. The summed E-state index contributed by atoms with van der Waals surface area (Å²) in [6.07, 6.45) is 3.89. The fraction of sp³-hybridized carbons (Fsp3) is 0.870. The average molecular weight is 436 g/mol. The maximum atomic E-state index is 13.0. The molecule has 5 fully saturated rings. The molecule has 0 aromatic heterocycles. The van der Waals surface area contributed by atoms with E-state index in [1.54, 1.807) is 4.90 Å². The van der Waals surface area contributed by atoms with Crippen molar-refractivity contribution in [2.45, 2.75) is 88.9 Å². The predicted molar refractivity (Wildman–Crippen MR) is 113 cm³/mol. The highest BCUT2D eigenvalue weighted by Crippen LogP contribution is 2.60. The first-order chi connectivity index (χ1) is 14.8. The van der Waals surface area contributed by atoms with Gasteiger partial charge in [0.15, 0.2) is 6.23 Å². The smallest absolute Gasteiger partial charge is 0.226 e. The molecule has 0 unspecified atom stereocenters. The van der Waals surface area contributed by atoms with Gasteiger partial charge in [-0.15, -0.1) is 0 Å². The third-order valence-corrected chi connectivity index (χ3v) is 8.69. The molecule has 8 nitrogen and oxygen atoms in total. The van der Waals surface area contributed by atoms with E-state index < -0.39 is 30.6 Å². The third-order valence-electron chi connectivity index (χ3n) is 8.69. The van der Waals surface area contributed by atoms with Crippen molar-refractivity contribution in [3.63, 3.8) is 0 Å². The lowest BCUT2D eigenvalue weighted by Crippen LogP contribution is -2.71. The second-order valence-corrected chi connectivity index (χ2v) is 10.9. The maximum absolute atomic E-state index is 13.0. The topological polar surface area (TPSA) is 125 Å². The number of aliphatic hydroxyl groups is 4. The normalized spacial score (nSPS) is 45.4. The van der Waals surface area contributed by atoms with Crippen LogP contribution in [0.25, 0.3) is 0 Å². The molecule has 4 bridgehead atoms. The van der Waals surface area contributed by atoms with E-state index in [9.17, 15) is 25.2 Å². The summed E-state index contributed by atoms with van der Waals surface area (Å²) in [5.74, 6) is 3.30. The van der Waals surface area contributed by atoms with Gasteiger partial charge in [0.25, 0.3) is 0 Å². The zero-order chi connectivity index (χ0) is 21.9. The molecule has 0 aromatic rings. The molecule has 0 radical (unpaired) electrons. The Labute approximate surface area is 183 Å². The molecule has 0 spiro atoms. The van der Waals surface area contributed by atoms with Crippen molar-refractivity contribution in [1.82, 2.24) is 15.5 Å². The van der Waals surface area contributed by atoms with Gasteiger partial charge >= 0.3 is 0 Å². The monoisotopic (exact) mass is 435 g/mol. The van der Waals surface area contributed by atoms with Crippen LogP contribution in [0.4, 0.5) is 0 Å². The largest absolute Gasteiger partial charge is 0.388 e. The Balaban J connectivity index is 1.06. The van der Waals surface area contributed by atoms with Gasteiger partial charge in [-0.25, -0.2) is 0 Å². The number of fused-ring (bicyclic) bond motifs is 1. The number of carbonyl (C=O) groups is 1. The van der Waals surface area contributed by atoms with E-state index in [1.165, 1.54) is 19.3 Å². The number of rotatable bonds is 7. The molecule has 5 atom stereocenters. The first-order valence-electron chi connectivity index (χ1n) is 12.0. The lowest BCUT2D eigenvalue weighted by Gasteiger charge is -2.56. The Kier molecular flexibility index (Phi) is 5.48. The summed E-state index contributed by atoms with van der Waals surface area (Å²) in [6.45, 7) is 3.21. The second kappa shape index (κ2) is 7.90. The minimum Gasteiger partial charge on any atom is -0.388 e.